The smallest absolute Gasteiger partial charge is 0.316 e. The lowest BCUT2D eigenvalue weighted by molar-refractivity contribution is -0.139. The van der Waals surface area contributed by atoms with E-state index in [1.54, 1.807) is 17.0 Å². The maximum atomic E-state index is 12.6. The molecule has 1 saturated heterocycles. The fourth-order valence-electron chi connectivity index (χ4n) is 3.55. The molecule has 0 spiro atoms. The number of nitrogens with zero attached hydrogens (tertiary/aromatic N) is 1. The number of anilines is 1. The summed E-state index contributed by atoms with van der Waals surface area (Å²) < 4.78 is 5.55. The highest BCUT2D eigenvalue weighted by atomic mass is 16.5. The first-order valence-corrected chi connectivity index (χ1v) is 9.76. The molecule has 1 heterocycles. The molecule has 1 amide bonds. The number of ether oxygens (including phenoxy) is 1. The highest BCUT2D eigenvalue weighted by Crippen LogP contribution is 2.28. The molecule has 0 unspecified atom stereocenters. The zero-order valence-corrected chi connectivity index (χ0v) is 16.6. The van der Waals surface area contributed by atoms with Crippen molar-refractivity contribution in [3.8, 4) is 16.9 Å². The molecule has 29 heavy (non-hydrogen) atoms. The van der Waals surface area contributed by atoms with Crippen LogP contribution in [0.5, 0.6) is 5.75 Å². The fourth-order valence-corrected chi connectivity index (χ4v) is 3.55. The molecule has 0 radical (unpaired) electrons. The lowest BCUT2D eigenvalue weighted by Gasteiger charge is -2.17. The van der Waals surface area contributed by atoms with Gasteiger partial charge in [0.1, 0.15) is 5.75 Å². The summed E-state index contributed by atoms with van der Waals surface area (Å²) in [6, 6.07) is 23.4. The molecule has 146 valence electrons. The molecule has 1 atom stereocenters. The third-order valence-electron chi connectivity index (χ3n) is 5.44. The summed E-state index contributed by atoms with van der Waals surface area (Å²) in [5.41, 5.74) is 5.30. The minimum atomic E-state index is -0.460. The summed E-state index contributed by atoms with van der Waals surface area (Å²) in [5.74, 6) is -0.378. The minimum absolute atomic E-state index is 0.0466. The molecule has 4 heteroatoms. The molecule has 0 saturated carbocycles. The number of benzene rings is 3. The van der Waals surface area contributed by atoms with E-state index >= 15 is 0 Å². The monoisotopic (exact) mass is 385 g/mol. The van der Waals surface area contributed by atoms with E-state index in [1.165, 1.54) is 5.56 Å². The summed E-state index contributed by atoms with van der Waals surface area (Å²) in [6.07, 6.45) is 0.174. The standard InChI is InChI=1S/C25H23NO3/c1-17-8-11-22(14-18(17)2)26-16-21(15-24(26)27)25(28)29-23-12-9-20(10-13-23)19-6-4-3-5-7-19/h3-14,21H,15-16H2,1-2H3/t21-/m1/s1. The third-order valence-corrected chi connectivity index (χ3v) is 5.44. The molecule has 3 aromatic carbocycles. The van der Waals surface area contributed by atoms with Crippen molar-refractivity contribution >= 4 is 17.6 Å². The number of carbonyl (C=O) groups excluding carboxylic acids is 2. The lowest BCUT2D eigenvalue weighted by Crippen LogP contribution is -2.27. The van der Waals surface area contributed by atoms with Crippen LogP contribution in [0.15, 0.2) is 72.8 Å². The van der Waals surface area contributed by atoms with Crippen molar-refractivity contribution in [3.63, 3.8) is 0 Å². The van der Waals surface area contributed by atoms with Gasteiger partial charge in [0.15, 0.2) is 0 Å². The predicted octanol–water partition coefficient (Wildman–Crippen LogP) is 4.93. The molecule has 1 aliphatic heterocycles. The molecular weight excluding hydrogens is 362 g/mol. The molecule has 4 nitrogen and oxygen atoms in total. The molecule has 3 aromatic rings. The number of carbonyl (C=O) groups is 2. The highest BCUT2D eigenvalue weighted by Gasteiger charge is 2.36. The van der Waals surface area contributed by atoms with Crippen LogP contribution in [0.4, 0.5) is 5.69 Å². The van der Waals surface area contributed by atoms with E-state index in [9.17, 15) is 9.59 Å². The van der Waals surface area contributed by atoms with Gasteiger partial charge in [-0.1, -0.05) is 48.5 Å². The van der Waals surface area contributed by atoms with Crippen LogP contribution in [-0.4, -0.2) is 18.4 Å². The molecule has 1 aliphatic rings. The predicted molar refractivity (Wildman–Crippen MR) is 114 cm³/mol. The first kappa shape index (κ1) is 18.9. The first-order chi connectivity index (χ1) is 14.0. The number of aryl methyl sites for hydroxylation is 2. The van der Waals surface area contributed by atoms with Gasteiger partial charge < -0.3 is 9.64 Å². The van der Waals surface area contributed by atoms with Gasteiger partial charge in [0.2, 0.25) is 5.91 Å². The molecule has 0 bridgehead atoms. The topological polar surface area (TPSA) is 46.6 Å². The minimum Gasteiger partial charge on any atom is -0.426 e. The highest BCUT2D eigenvalue weighted by molar-refractivity contribution is 5.99. The Morgan fingerprint density at radius 3 is 2.28 bits per heavy atom. The Morgan fingerprint density at radius 2 is 1.59 bits per heavy atom. The van der Waals surface area contributed by atoms with Crippen LogP contribution in [0.3, 0.4) is 0 Å². The van der Waals surface area contributed by atoms with Crippen molar-refractivity contribution < 1.29 is 14.3 Å². The average Bonchev–Trinajstić information content (AvgIpc) is 3.13. The van der Waals surface area contributed by atoms with Gasteiger partial charge in [-0.25, -0.2) is 0 Å². The van der Waals surface area contributed by atoms with Gasteiger partial charge in [-0.05, 0) is 60.4 Å². The van der Waals surface area contributed by atoms with Crippen LogP contribution in [-0.2, 0) is 9.59 Å². The van der Waals surface area contributed by atoms with Crippen molar-refractivity contribution in [3.05, 3.63) is 83.9 Å². The quantitative estimate of drug-likeness (QED) is 0.473. The number of hydrogen-bond acceptors (Lipinski definition) is 3. The van der Waals surface area contributed by atoms with Crippen LogP contribution in [0.2, 0.25) is 0 Å². The fraction of sp³-hybridized carbons (Fsp3) is 0.200. The SMILES string of the molecule is Cc1ccc(N2C[C@H](C(=O)Oc3ccc(-c4ccccc4)cc3)CC2=O)cc1C. The largest absolute Gasteiger partial charge is 0.426 e. The van der Waals surface area contributed by atoms with Crippen molar-refractivity contribution in [1.29, 1.82) is 0 Å². The van der Waals surface area contributed by atoms with Gasteiger partial charge in [0, 0.05) is 18.7 Å². The van der Waals surface area contributed by atoms with Gasteiger partial charge >= 0.3 is 5.97 Å². The van der Waals surface area contributed by atoms with Gasteiger partial charge in [0.05, 0.1) is 5.92 Å². The van der Waals surface area contributed by atoms with Crippen molar-refractivity contribution in [2.24, 2.45) is 5.92 Å². The Bertz CT molecular complexity index is 1040. The Kier molecular flexibility index (Phi) is 5.17. The van der Waals surface area contributed by atoms with Crippen LogP contribution in [0.25, 0.3) is 11.1 Å². The zero-order valence-electron chi connectivity index (χ0n) is 16.6. The maximum Gasteiger partial charge on any atom is 0.316 e. The number of rotatable bonds is 4. The van der Waals surface area contributed by atoms with Crippen LogP contribution < -0.4 is 9.64 Å². The van der Waals surface area contributed by atoms with E-state index in [4.69, 9.17) is 4.74 Å². The van der Waals surface area contributed by atoms with Crippen molar-refractivity contribution in [1.82, 2.24) is 0 Å². The van der Waals surface area contributed by atoms with E-state index < -0.39 is 5.92 Å². The third kappa shape index (κ3) is 4.06. The molecular formula is C25H23NO3. The van der Waals surface area contributed by atoms with Crippen molar-refractivity contribution in [2.45, 2.75) is 20.3 Å². The first-order valence-electron chi connectivity index (χ1n) is 9.76. The molecule has 1 fully saturated rings. The van der Waals surface area contributed by atoms with Gasteiger partial charge in [0.25, 0.3) is 0 Å². The zero-order chi connectivity index (χ0) is 20.4. The van der Waals surface area contributed by atoms with Crippen LogP contribution in [0, 0.1) is 19.8 Å². The Hall–Kier alpha value is -3.40. The summed E-state index contributed by atoms with van der Waals surface area (Å²) in [7, 11) is 0. The van der Waals surface area contributed by atoms with Gasteiger partial charge in [-0.15, -0.1) is 0 Å². The Balaban J connectivity index is 1.42. The second kappa shape index (κ2) is 7.92. The Labute approximate surface area is 170 Å². The molecule has 0 aliphatic carbocycles. The summed E-state index contributed by atoms with van der Waals surface area (Å²) in [4.78, 5) is 26.7. The van der Waals surface area contributed by atoms with E-state index in [-0.39, 0.29) is 18.3 Å². The van der Waals surface area contributed by atoms with E-state index in [2.05, 4.69) is 0 Å². The number of esters is 1. The van der Waals surface area contributed by atoms with Gasteiger partial charge in [-0.2, -0.15) is 0 Å². The normalized spacial score (nSPS) is 16.1. The number of hydrogen-bond donors (Lipinski definition) is 0. The average molecular weight is 385 g/mol. The lowest BCUT2D eigenvalue weighted by atomic mass is 10.1. The van der Waals surface area contributed by atoms with Crippen LogP contribution >= 0.6 is 0 Å². The second-order valence-electron chi connectivity index (χ2n) is 7.49. The van der Waals surface area contributed by atoms with Gasteiger partial charge in [-0.3, -0.25) is 9.59 Å². The molecule has 4 rings (SSSR count). The van der Waals surface area contributed by atoms with Crippen molar-refractivity contribution in [2.75, 3.05) is 11.4 Å². The molecule has 0 N–H and O–H groups in total. The van der Waals surface area contributed by atoms with E-state index in [0.29, 0.717) is 12.3 Å². The number of amides is 1. The van der Waals surface area contributed by atoms with E-state index in [0.717, 1.165) is 22.4 Å². The summed E-state index contributed by atoms with van der Waals surface area (Å²) in [6.45, 7) is 4.40. The Morgan fingerprint density at radius 1 is 0.897 bits per heavy atom. The van der Waals surface area contributed by atoms with E-state index in [1.807, 2.05) is 74.5 Å². The second-order valence-corrected chi connectivity index (χ2v) is 7.49. The summed E-state index contributed by atoms with van der Waals surface area (Å²) >= 11 is 0. The summed E-state index contributed by atoms with van der Waals surface area (Å²) in [5, 5.41) is 0. The maximum absolute atomic E-state index is 12.6. The molecule has 0 aromatic heterocycles. The van der Waals surface area contributed by atoms with Crippen LogP contribution in [0.1, 0.15) is 17.5 Å².